The number of hydrogen-bond donors (Lipinski definition) is 0. The van der Waals surface area contributed by atoms with E-state index in [2.05, 4.69) is 0 Å². The van der Waals surface area contributed by atoms with Crippen LogP contribution in [0.25, 0.3) is 0 Å². The van der Waals surface area contributed by atoms with Crippen molar-refractivity contribution in [1.82, 2.24) is 4.90 Å². The van der Waals surface area contributed by atoms with E-state index in [1.165, 1.54) is 11.3 Å². The maximum Gasteiger partial charge on any atom is 0.471 e. The maximum atomic E-state index is 12.3. The second kappa shape index (κ2) is 4.08. The summed E-state index contributed by atoms with van der Waals surface area (Å²) in [5.41, 5.74) is 0.806. The molecule has 0 saturated carbocycles. The molecule has 1 aliphatic heterocycles. The highest BCUT2D eigenvalue weighted by Crippen LogP contribution is 2.35. The molecule has 2 nitrogen and oxygen atoms in total. The standard InChI is InChI=1S/C10H10F3NOS/c11-10(12,13)9(15)14-4-1-2-8(14)7-3-5-16-6-7/h3,5-6,8H,1-2,4H2. The van der Waals surface area contributed by atoms with Crippen LogP contribution in [0.3, 0.4) is 0 Å². The van der Waals surface area contributed by atoms with Gasteiger partial charge in [0.25, 0.3) is 0 Å². The molecule has 1 unspecified atom stereocenters. The lowest BCUT2D eigenvalue weighted by Crippen LogP contribution is -2.40. The zero-order chi connectivity index (χ0) is 11.8. The molecule has 0 spiro atoms. The van der Waals surface area contributed by atoms with Crippen LogP contribution in [0, 0.1) is 0 Å². The van der Waals surface area contributed by atoms with E-state index < -0.39 is 18.1 Å². The van der Waals surface area contributed by atoms with Gasteiger partial charge in [-0.05, 0) is 35.2 Å². The topological polar surface area (TPSA) is 20.3 Å². The van der Waals surface area contributed by atoms with Crippen molar-refractivity contribution in [3.05, 3.63) is 22.4 Å². The van der Waals surface area contributed by atoms with Gasteiger partial charge in [-0.3, -0.25) is 4.79 Å². The van der Waals surface area contributed by atoms with Crippen molar-refractivity contribution in [1.29, 1.82) is 0 Å². The van der Waals surface area contributed by atoms with Gasteiger partial charge in [-0.2, -0.15) is 24.5 Å². The third-order valence-electron chi connectivity index (χ3n) is 2.68. The molecule has 0 aliphatic carbocycles. The van der Waals surface area contributed by atoms with Gasteiger partial charge in [0, 0.05) is 6.54 Å². The van der Waals surface area contributed by atoms with E-state index in [1.54, 1.807) is 11.4 Å². The fraction of sp³-hybridized carbons (Fsp3) is 0.500. The van der Waals surface area contributed by atoms with Gasteiger partial charge in [-0.15, -0.1) is 0 Å². The molecular weight excluding hydrogens is 239 g/mol. The number of thiophene rings is 1. The van der Waals surface area contributed by atoms with Crippen LogP contribution in [0.15, 0.2) is 16.8 Å². The Hall–Kier alpha value is -1.04. The summed E-state index contributed by atoms with van der Waals surface area (Å²) in [5.74, 6) is -1.72. The average Bonchev–Trinajstić information content (AvgIpc) is 2.85. The van der Waals surface area contributed by atoms with E-state index in [1.807, 2.05) is 5.38 Å². The normalized spacial score (nSPS) is 21.4. The fourth-order valence-corrected chi connectivity index (χ4v) is 2.69. The summed E-state index contributed by atoms with van der Waals surface area (Å²) in [4.78, 5) is 12.1. The fourth-order valence-electron chi connectivity index (χ4n) is 1.98. The first-order valence-electron chi connectivity index (χ1n) is 4.90. The van der Waals surface area contributed by atoms with Crippen molar-refractivity contribution in [3.8, 4) is 0 Å². The van der Waals surface area contributed by atoms with Crippen molar-refractivity contribution in [3.63, 3.8) is 0 Å². The van der Waals surface area contributed by atoms with E-state index >= 15 is 0 Å². The number of nitrogens with zero attached hydrogens (tertiary/aromatic N) is 1. The monoisotopic (exact) mass is 249 g/mol. The minimum atomic E-state index is -4.77. The number of amides is 1. The van der Waals surface area contributed by atoms with Crippen molar-refractivity contribution in [2.24, 2.45) is 0 Å². The van der Waals surface area contributed by atoms with Gasteiger partial charge in [0.1, 0.15) is 0 Å². The third-order valence-corrected chi connectivity index (χ3v) is 3.39. The van der Waals surface area contributed by atoms with Crippen LogP contribution in [0.5, 0.6) is 0 Å². The van der Waals surface area contributed by atoms with Gasteiger partial charge in [0.05, 0.1) is 6.04 Å². The maximum absolute atomic E-state index is 12.3. The van der Waals surface area contributed by atoms with Crippen LogP contribution in [-0.2, 0) is 4.79 Å². The Labute approximate surface area is 94.7 Å². The number of hydrogen-bond acceptors (Lipinski definition) is 2. The van der Waals surface area contributed by atoms with Crippen LogP contribution in [0.4, 0.5) is 13.2 Å². The van der Waals surface area contributed by atoms with Crippen molar-refractivity contribution >= 4 is 17.2 Å². The Morgan fingerprint density at radius 1 is 1.50 bits per heavy atom. The number of alkyl halides is 3. The number of carbonyl (C=O) groups is 1. The molecule has 6 heteroatoms. The van der Waals surface area contributed by atoms with Crippen molar-refractivity contribution < 1.29 is 18.0 Å². The first kappa shape index (κ1) is 11.4. The van der Waals surface area contributed by atoms with Crippen LogP contribution >= 0.6 is 11.3 Å². The van der Waals surface area contributed by atoms with Gasteiger partial charge in [-0.25, -0.2) is 0 Å². The quantitative estimate of drug-likeness (QED) is 0.749. The first-order chi connectivity index (χ1) is 7.50. The molecule has 1 aromatic heterocycles. The van der Waals surface area contributed by atoms with E-state index in [4.69, 9.17) is 0 Å². The Balaban J connectivity index is 2.19. The summed E-state index contributed by atoms with van der Waals surface area (Å²) in [5, 5.41) is 3.61. The first-order valence-corrected chi connectivity index (χ1v) is 5.84. The number of rotatable bonds is 1. The Morgan fingerprint density at radius 3 is 2.81 bits per heavy atom. The molecule has 1 aliphatic rings. The minimum Gasteiger partial charge on any atom is -0.328 e. The molecule has 0 radical (unpaired) electrons. The molecule has 0 N–H and O–H groups in total. The van der Waals surface area contributed by atoms with E-state index in [0.717, 1.165) is 10.5 Å². The molecule has 0 bridgehead atoms. The van der Waals surface area contributed by atoms with Gasteiger partial charge in [0.2, 0.25) is 0 Å². The molecule has 0 aromatic carbocycles. The molecule has 16 heavy (non-hydrogen) atoms. The summed E-state index contributed by atoms with van der Waals surface area (Å²) in [6, 6.07) is 1.37. The number of likely N-dealkylation sites (tertiary alicyclic amines) is 1. The van der Waals surface area contributed by atoms with Crippen LogP contribution in [0.1, 0.15) is 24.4 Å². The van der Waals surface area contributed by atoms with Crippen LogP contribution < -0.4 is 0 Å². The predicted octanol–water partition coefficient (Wildman–Crippen LogP) is 2.97. The smallest absolute Gasteiger partial charge is 0.328 e. The average molecular weight is 249 g/mol. The Morgan fingerprint density at radius 2 is 2.25 bits per heavy atom. The highest BCUT2D eigenvalue weighted by molar-refractivity contribution is 7.07. The summed E-state index contributed by atoms with van der Waals surface area (Å²) < 4.78 is 37.0. The zero-order valence-corrected chi connectivity index (χ0v) is 9.14. The van der Waals surface area contributed by atoms with Crippen LogP contribution in [-0.4, -0.2) is 23.5 Å². The molecule has 1 fully saturated rings. The third kappa shape index (κ3) is 2.07. The highest BCUT2D eigenvalue weighted by Gasteiger charge is 2.46. The summed E-state index contributed by atoms with van der Waals surface area (Å²) in [6.07, 6.45) is -3.53. The number of halogens is 3. The highest BCUT2D eigenvalue weighted by atomic mass is 32.1. The zero-order valence-electron chi connectivity index (χ0n) is 8.33. The lowest BCUT2D eigenvalue weighted by molar-refractivity contribution is -0.186. The van der Waals surface area contributed by atoms with Crippen molar-refractivity contribution in [2.75, 3.05) is 6.54 Å². The molecule has 1 amide bonds. The Kier molecular flexibility index (Phi) is 2.92. The van der Waals surface area contributed by atoms with Gasteiger partial charge in [-0.1, -0.05) is 0 Å². The summed E-state index contributed by atoms with van der Waals surface area (Å²) in [7, 11) is 0. The van der Waals surface area contributed by atoms with Gasteiger partial charge in [0.15, 0.2) is 0 Å². The molecular formula is C10H10F3NOS. The second-order valence-electron chi connectivity index (χ2n) is 3.71. The number of carbonyl (C=O) groups excluding carboxylic acids is 1. The van der Waals surface area contributed by atoms with Gasteiger partial charge < -0.3 is 4.90 Å². The van der Waals surface area contributed by atoms with E-state index in [9.17, 15) is 18.0 Å². The predicted molar refractivity (Wildman–Crippen MR) is 54.1 cm³/mol. The summed E-state index contributed by atoms with van der Waals surface area (Å²) >= 11 is 1.43. The lowest BCUT2D eigenvalue weighted by Gasteiger charge is -2.24. The molecule has 88 valence electrons. The second-order valence-corrected chi connectivity index (χ2v) is 4.49. The van der Waals surface area contributed by atoms with Gasteiger partial charge >= 0.3 is 12.1 Å². The Bertz CT molecular complexity index is 374. The molecule has 2 rings (SSSR count). The minimum absolute atomic E-state index is 0.193. The largest absolute Gasteiger partial charge is 0.471 e. The SMILES string of the molecule is O=C(N1CCCC1c1ccsc1)C(F)(F)F. The molecule has 1 saturated heterocycles. The summed E-state index contributed by atoms with van der Waals surface area (Å²) in [6.45, 7) is 0.193. The van der Waals surface area contributed by atoms with Crippen molar-refractivity contribution in [2.45, 2.75) is 25.1 Å². The molecule has 1 aromatic rings. The van der Waals surface area contributed by atoms with Crippen LogP contribution in [0.2, 0.25) is 0 Å². The molecule has 1 atom stereocenters. The molecule has 2 heterocycles. The van der Waals surface area contributed by atoms with E-state index in [0.29, 0.717) is 12.8 Å². The lowest BCUT2D eigenvalue weighted by atomic mass is 10.1. The van der Waals surface area contributed by atoms with E-state index in [-0.39, 0.29) is 6.54 Å².